The Bertz CT molecular complexity index is 1220. The highest BCUT2D eigenvalue weighted by Gasteiger charge is 2.37. The van der Waals surface area contributed by atoms with Crippen LogP contribution in [-0.2, 0) is 19.1 Å². The van der Waals surface area contributed by atoms with Crippen LogP contribution < -0.4 is 5.32 Å². The van der Waals surface area contributed by atoms with Crippen LogP contribution in [0.5, 0.6) is 0 Å². The van der Waals surface area contributed by atoms with Crippen LogP contribution in [0.15, 0.2) is 59.0 Å². The Hall–Kier alpha value is -1.58. The number of benzene rings is 2. The SMILES string of the molecule is CC(C)(S)CNC(=O)/C(CCO[Si](C)(C)C(C)(C)C)=C(\c1ccc(Cl)cc1)c1ccc(S(C)(=O)=O)cc1. The van der Waals surface area contributed by atoms with Gasteiger partial charge in [-0.05, 0) is 72.9 Å². The van der Waals surface area contributed by atoms with Crippen LogP contribution in [-0.4, -0.2) is 46.8 Å². The van der Waals surface area contributed by atoms with Crippen molar-refractivity contribution in [3.8, 4) is 0 Å². The quantitative estimate of drug-likeness (QED) is 0.184. The van der Waals surface area contributed by atoms with Gasteiger partial charge in [0.2, 0.25) is 5.91 Å². The zero-order valence-corrected chi connectivity index (χ0v) is 26.6. The molecule has 0 heterocycles. The highest BCUT2D eigenvalue weighted by Crippen LogP contribution is 2.37. The molecule has 0 aromatic heterocycles. The summed E-state index contributed by atoms with van der Waals surface area (Å²) in [6.07, 6.45) is 1.56. The second-order valence-corrected chi connectivity index (χ2v) is 20.0. The lowest BCUT2D eigenvalue weighted by molar-refractivity contribution is -0.117. The molecule has 0 atom stereocenters. The molecule has 2 aromatic rings. The molecule has 5 nitrogen and oxygen atoms in total. The number of thiol groups is 1. The first-order valence-electron chi connectivity index (χ1n) is 12.3. The summed E-state index contributed by atoms with van der Waals surface area (Å²) in [6.45, 7) is 15.5. The number of hydrogen-bond donors (Lipinski definition) is 2. The summed E-state index contributed by atoms with van der Waals surface area (Å²) in [6, 6.07) is 13.9. The van der Waals surface area contributed by atoms with E-state index in [-0.39, 0.29) is 15.8 Å². The van der Waals surface area contributed by atoms with Crippen molar-refractivity contribution < 1.29 is 17.6 Å². The van der Waals surface area contributed by atoms with Crippen molar-refractivity contribution in [3.63, 3.8) is 0 Å². The van der Waals surface area contributed by atoms with Gasteiger partial charge in [0, 0.05) is 41.2 Å². The number of carbonyl (C=O) groups excluding carboxylic acids is 1. The van der Waals surface area contributed by atoms with Crippen LogP contribution in [0.4, 0.5) is 0 Å². The molecular weight excluding hydrogens is 542 g/mol. The van der Waals surface area contributed by atoms with Crippen molar-refractivity contribution >= 4 is 53.9 Å². The zero-order valence-electron chi connectivity index (χ0n) is 23.1. The molecule has 0 aliphatic carbocycles. The lowest BCUT2D eigenvalue weighted by atomic mass is 9.91. The van der Waals surface area contributed by atoms with Crippen molar-refractivity contribution in [3.05, 3.63) is 70.3 Å². The van der Waals surface area contributed by atoms with Crippen LogP contribution >= 0.6 is 24.2 Å². The van der Waals surface area contributed by atoms with E-state index in [1.54, 1.807) is 36.4 Å². The third-order valence-electron chi connectivity index (χ3n) is 6.58. The summed E-state index contributed by atoms with van der Waals surface area (Å²) in [5, 5.41) is 3.65. The van der Waals surface area contributed by atoms with E-state index in [4.69, 9.17) is 16.0 Å². The summed E-state index contributed by atoms with van der Waals surface area (Å²) < 4.78 is 30.1. The van der Waals surface area contributed by atoms with E-state index in [1.807, 2.05) is 26.0 Å². The average molecular weight is 582 g/mol. The fourth-order valence-corrected chi connectivity index (χ4v) is 5.26. The smallest absolute Gasteiger partial charge is 0.247 e. The second kappa shape index (κ2) is 12.1. The summed E-state index contributed by atoms with van der Waals surface area (Å²) in [5.41, 5.74) is 2.81. The Morgan fingerprint density at radius 1 is 0.973 bits per heavy atom. The van der Waals surface area contributed by atoms with E-state index >= 15 is 0 Å². The third kappa shape index (κ3) is 9.28. The normalized spacial score (nSPS) is 13.8. The van der Waals surface area contributed by atoms with E-state index in [0.29, 0.717) is 35.7 Å². The Kier molecular flexibility index (Phi) is 10.3. The van der Waals surface area contributed by atoms with Gasteiger partial charge < -0.3 is 9.74 Å². The van der Waals surface area contributed by atoms with Crippen molar-refractivity contribution in [1.82, 2.24) is 5.32 Å². The molecule has 204 valence electrons. The van der Waals surface area contributed by atoms with Crippen molar-refractivity contribution in [1.29, 1.82) is 0 Å². The molecule has 2 rings (SSSR count). The molecule has 0 aliphatic rings. The number of rotatable bonds is 10. The molecule has 0 aliphatic heterocycles. The van der Waals surface area contributed by atoms with Crippen LogP contribution in [0.1, 0.15) is 52.2 Å². The van der Waals surface area contributed by atoms with Gasteiger partial charge in [-0.25, -0.2) is 8.42 Å². The second-order valence-electron chi connectivity index (χ2n) is 11.5. The van der Waals surface area contributed by atoms with E-state index in [1.165, 1.54) is 6.26 Å². The van der Waals surface area contributed by atoms with E-state index in [0.717, 1.165) is 11.1 Å². The number of nitrogens with one attached hydrogen (secondary N) is 1. The predicted molar refractivity (Wildman–Crippen MR) is 161 cm³/mol. The van der Waals surface area contributed by atoms with Gasteiger partial charge in [0.05, 0.1) is 4.90 Å². The number of hydrogen-bond acceptors (Lipinski definition) is 5. The Labute approximate surface area is 234 Å². The fourth-order valence-electron chi connectivity index (χ4n) is 3.38. The summed E-state index contributed by atoms with van der Waals surface area (Å²) in [7, 11) is -5.39. The topological polar surface area (TPSA) is 72.5 Å². The molecule has 0 saturated heterocycles. The predicted octanol–water partition coefficient (Wildman–Crippen LogP) is 6.78. The number of carbonyl (C=O) groups is 1. The number of halogens is 1. The van der Waals surface area contributed by atoms with Crippen LogP contribution in [0.25, 0.3) is 5.57 Å². The Balaban J connectivity index is 2.66. The average Bonchev–Trinajstić information content (AvgIpc) is 2.76. The summed E-state index contributed by atoms with van der Waals surface area (Å²) >= 11 is 10.7. The fraction of sp³-hybridized carbons (Fsp3) is 0.464. The monoisotopic (exact) mass is 581 g/mol. The molecule has 0 fully saturated rings. The van der Waals surface area contributed by atoms with E-state index < -0.39 is 22.9 Å². The van der Waals surface area contributed by atoms with Gasteiger partial charge in [-0.1, -0.05) is 56.6 Å². The molecular formula is C28H40ClNO4S2Si. The largest absolute Gasteiger partial charge is 0.416 e. The van der Waals surface area contributed by atoms with Gasteiger partial charge >= 0.3 is 0 Å². The maximum atomic E-state index is 13.7. The van der Waals surface area contributed by atoms with Gasteiger partial charge in [0.1, 0.15) is 0 Å². The summed E-state index contributed by atoms with van der Waals surface area (Å²) in [5.74, 6) is -0.210. The van der Waals surface area contributed by atoms with Crippen molar-refractivity contribution in [2.24, 2.45) is 0 Å². The van der Waals surface area contributed by atoms with E-state index in [9.17, 15) is 13.2 Å². The lowest BCUT2D eigenvalue weighted by Gasteiger charge is -2.36. The Morgan fingerprint density at radius 2 is 1.46 bits per heavy atom. The van der Waals surface area contributed by atoms with Gasteiger partial charge in [-0.2, -0.15) is 12.6 Å². The van der Waals surface area contributed by atoms with Gasteiger partial charge in [0.15, 0.2) is 18.2 Å². The minimum atomic E-state index is -3.36. The van der Waals surface area contributed by atoms with Crippen molar-refractivity contribution in [2.45, 2.75) is 68.8 Å². The number of sulfone groups is 1. The first-order valence-corrected chi connectivity index (χ1v) is 17.9. The first-order chi connectivity index (χ1) is 16.8. The zero-order chi connectivity index (χ0) is 28.2. The van der Waals surface area contributed by atoms with E-state index in [2.05, 4.69) is 51.8 Å². The molecule has 1 N–H and O–H groups in total. The third-order valence-corrected chi connectivity index (χ3v) is 12.7. The molecule has 0 spiro atoms. The van der Waals surface area contributed by atoms with Gasteiger partial charge in [-0.3, -0.25) is 4.79 Å². The maximum Gasteiger partial charge on any atom is 0.247 e. The molecule has 0 unspecified atom stereocenters. The molecule has 2 aromatic carbocycles. The minimum absolute atomic E-state index is 0.0374. The van der Waals surface area contributed by atoms with Crippen molar-refractivity contribution in [2.75, 3.05) is 19.4 Å². The molecule has 0 saturated carbocycles. The summed E-state index contributed by atoms with van der Waals surface area (Å²) in [4.78, 5) is 13.9. The van der Waals surface area contributed by atoms with Gasteiger partial charge in [-0.15, -0.1) is 0 Å². The van der Waals surface area contributed by atoms with Crippen LogP contribution in [0.3, 0.4) is 0 Å². The van der Waals surface area contributed by atoms with Crippen LogP contribution in [0.2, 0.25) is 23.2 Å². The molecule has 9 heteroatoms. The standard InChI is InChI=1S/C28H40ClNO4S2Si/c1-27(2,3)37(7,8)34-18-17-24(26(31)30-19-28(4,5)35)25(20-9-13-22(29)14-10-20)21-11-15-23(16-12-21)36(6,32)33/h9-16,35H,17-19H2,1-8H3,(H,30,31)/b25-24+. The number of amides is 1. The molecule has 0 bridgehead atoms. The highest BCUT2D eigenvalue weighted by molar-refractivity contribution is 7.90. The lowest BCUT2D eigenvalue weighted by Crippen LogP contribution is -2.41. The van der Waals surface area contributed by atoms with Crippen LogP contribution in [0, 0.1) is 0 Å². The molecule has 0 radical (unpaired) electrons. The first kappa shape index (κ1) is 31.6. The highest BCUT2D eigenvalue weighted by atomic mass is 35.5. The maximum absolute atomic E-state index is 13.7. The van der Waals surface area contributed by atoms with Gasteiger partial charge in [0.25, 0.3) is 0 Å². The molecule has 37 heavy (non-hydrogen) atoms. The molecule has 1 amide bonds. The Morgan fingerprint density at radius 3 is 1.89 bits per heavy atom. The minimum Gasteiger partial charge on any atom is -0.416 e.